The van der Waals surface area contributed by atoms with Crippen molar-refractivity contribution in [2.75, 3.05) is 0 Å². The molecule has 0 radical (unpaired) electrons. The van der Waals surface area contributed by atoms with Gasteiger partial charge in [0.1, 0.15) is 5.75 Å². The molecule has 0 unspecified atom stereocenters. The molecule has 2 heterocycles. The van der Waals surface area contributed by atoms with Gasteiger partial charge in [0.2, 0.25) is 0 Å². The van der Waals surface area contributed by atoms with E-state index in [1.807, 2.05) is 6.92 Å². The van der Waals surface area contributed by atoms with Crippen LogP contribution in [0, 0.1) is 5.92 Å². The van der Waals surface area contributed by atoms with E-state index in [9.17, 15) is 13.2 Å². The third kappa shape index (κ3) is 3.69. The topological polar surface area (TPSA) is 27.7 Å². The summed E-state index contributed by atoms with van der Waals surface area (Å²) in [7, 11) is 0. The van der Waals surface area contributed by atoms with Gasteiger partial charge in [-0.3, -0.25) is 0 Å². The molecule has 2 aliphatic heterocycles. The summed E-state index contributed by atoms with van der Waals surface area (Å²) in [5, 5.41) is 0. The van der Waals surface area contributed by atoms with Crippen molar-refractivity contribution < 1.29 is 27.4 Å². The molecule has 3 nitrogen and oxygen atoms in total. The molecule has 2 aliphatic rings. The average Bonchev–Trinajstić information content (AvgIpc) is 2.91. The maximum atomic E-state index is 12.3. The Morgan fingerprint density at radius 3 is 2.64 bits per heavy atom. The normalized spacial score (nSPS) is 34.7. The predicted octanol–water partition coefficient (Wildman–Crippen LogP) is 5.21. The van der Waals surface area contributed by atoms with Crippen LogP contribution in [-0.2, 0) is 16.1 Å². The van der Waals surface area contributed by atoms with Crippen LogP contribution in [0.5, 0.6) is 5.75 Å². The smallest absolute Gasteiger partial charge is 0.406 e. The zero-order valence-corrected chi connectivity index (χ0v) is 16.0. The highest BCUT2D eigenvalue weighted by Crippen LogP contribution is 2.57. The molecule has 25 heavy (non-hydrogen) atoms. The number of hydrogen-bond acceptors (Lipinski definition) is 3. The maximum Gasteiger partial charge on any atom is 0.573 e. The Morgan fingerprint density at radius 2 is 2.04 bits per heavy atom. The van der Waals surface area contributed by atoms with Crippen LogP contribution in [0.25, 0.3) is 0 Å². The van der Waals surface area contributed by atoms with Gasteiger partial charge < -0.3 is 14.2 Å². The molecule has 0 amide bonds. The number of benzene rings is 1. The average molecular weight is 423 g/mol. The lowest BCUT2D eigenvalue weighted by atomic mass is 9.75. The van der Waals surface area contributed by atoms with Gasteiger partial charge in [0.05, 0.1) is 23.9 Å². The Morgan fingerprint density at radius 1 is 1.32 bits per heavy atom. The lowest BCUT2D eigenvalue weighted by Crippen LogP contribution is -2.44. The first-order valence-electron chi connectivity index (χ1n) is 8.35. The highest BCUT2D eigenvalue weighted by atomic mass is 79.9. The highest BCUT2D eigenvalue weighted by Gasteiger charge is 2.65. The molecule has 0 spiro atoms. The summed E-state index contributed by atoms with van der Waals surface area (Å²) < 4.78 is 53.4. The molecule has 1 aromatic rings. The number of alkyl halides is 4. The molecule has 0 aromatic heterocycles. The van der Waals surface area contributed by atoms with Crippen LogP contribution in [0.15, 0.2) is 24.3 Å². The number of hydrogen-bond donors (Lipinski definition) is 0. The SMILES string of the molecule is CC(C)[C@]12C[C@@H](OCc3cccc(OC(F)(F)F)c3)[C@](C)(C[C@@H]1Br)O2. The molecule has 0 N–H and O–H groups in total. The van der Waals surface area contributed by atoms with Crippen LogP contribution in [0.3, 0.4) is 0 Å². The Bertz CT molecular complexity index is 636. The lowest BCUT2D eigenvalue weighted by Gasteiger charge is -2.35. The van der Waals surface area contributed by atoms with Crippen LogP contribution in [0.1, 0.15) is 39.2 Å². The highest BCUT2D eigenvalue weighted by molar-refractivity contribution is 9.09. The number of halogens is 4. The van der Waals surface area contributed by atoms with Gasteiger partial charge in [0.25, 0.3) is 0 Å². The van der Waals surface area contributed by atoms with E-state index in [0.29, 0.717) is 11.5 Å². The van der Waals surface area contributed by atoms with Crippen molar-refractivity contribution in [3.63, 3.8) is 0 Å². The molecule has 0 saturated carbocycles. The summed E-state index contributed by atoms with van der Waals surface area (Å²) in [5.74, 6) is 0.110. The molecular weight excluding hydrogens is 401 g/mol. The van der Waals surface area contributed by atoms with Crippen molar-refractivity contribution in [1.82, 2.24) is 0 Å². The Labute approximate surface area is 154 Å². The Kier molecular flexibility index (Phi) is 4.88. The Hall–Kier alpha value is -0.790. The predicted molar refractivity (Wildman–Crippen MR) is 90.7 cm³/mol. The van der Waals surface area contributed by atoms with Gasteiger partial charge in [-0.05, 0) is 37.0 Å². The lowest BCUT2D eigenvalue weighted by molar-refractivity contribution is -0.274. The molecule has 2 saturated heterocycles. The fourth-order valence-electron chi connectivity index (χ4n) is 3.92. The van der Waals surface area contributed by atoms with E-state index < -0.39 is 6.36 Å². The summed E-state index contributed by atoms with van der Waals surface area (Å²) in [6, 6.07) is 5.89. The van der Waals surface area contributed by atoms with Gasteiger partial charge in [0.15, 0.2) is 0 Å². The number of ether oxygens (including phenoxy) is 3. The molecule has 4 atom stereocenters. The maximum absolute atomic E-state index is 12.3. The minimum absolute atomic E-state index is 0.0871. The Balaban J connectivity index is 1.66. The van der Waals surface area contributed by atoms with Gasteiger partial charge in [-0.1, -0.05) is 41.9 Å². The molecular formula is C18H22BrF3O3. The summed E-state index contributed by atoms with van der Waals surface area (Å²) in [5.41, 5.74) is 0.0150. The van der Waals surface area contributed by atoms with E-state index in [4.69, 9.17) is 9.47 Å². The van der Waals surface area contributed by atoms with Gasteiger partial charge in [-0.2, -0.15) is 0 Å². The molecule has 140 valence electrons. The van der Waals surface area contributed by atoms with Gasteiger partial charge in [0, 0.05) is 11.2 Å². The van der Waals surface area contributed by atoms with Crippen molar-refractivity contribution in [2.45, 2.75) is 68.7 Å². The zero-order valence-electron chi connectivity index (χ0n) is 14.4. The van der Waals surface area contributed by atoms with Crippen molar-refractivity contribution in [3.05, 3.63) is 29.8 Å². The fourth-order valence-corrected chi connectivity index (χ4v) is 5.37. The number of rotatable bonds is 5. The molecule has 2 fully saturated rings. The monoisotopic (exact) mass is 422 g/mol. The van der Waals surface area contributed by atoms with E-state index in [1.54, 1.807) is 6.07 Å². The largest absolute Gasteiger partial charge is 0.573 e. The summed E-state index contributed by atoms with van der Waals surface area (Å²) in [6.07, 6.45) is -3.15. The van der Waals surface area contributed by atoms with E-state index in [1.165, 1.54) is 18.2 Å². The van der Waals surface area contributed by atoms with Crippen LogP contribution < -0.4 is 4.74 Å². The van der Waals surface area contributed by atoms with Crippen molar-refractivity contribution in [3.8, 4) is 5.75 Å². The number of fused-ring (bicyclic) bond motifs is 2. The minimum Gasteiger partial charge on any atom is -0.406 e. The minimum atomic E-state index is -4.69. The molecule has 0 aliphatic carbocycles. The van der Waals surface area contributed by atoms with Crippen LogP contribution in [-0.4, -0.2) is 28.5 Å². The third-order valence-corrected chi connectivity index (χ3v) is 6.38. The van der Waals surface area contributed by atoms with Crippen molar-refractivity contribution >= 4 is 15.9 Å². The van der Waals surface area contributed by atoms with Crippen molar-refractivity contribution in [2.24, 2.45) is 5.92 Å². The molecule has 3 rings (SSSR count). The molecule has 7 heteroatoms. The first kappa shape index (κ1) is 19.0. The van der Waals surface area contributed by atoms with Crippen LogP contribution in [0.2, 0.25) is 0 Å². The van der Waals surface area contributed by atoms with Crippen molar-refractivity contribution in [1.29, 1.82) is 0 Å². The third-order valence-electron chi connectivity index (χ3n) is 5.28. The van der Waals surface area contributed by atoms with Crippen LogP contribution >= 0.6 is 15.9 Å². The second-order valence-corrected chi connectivity index (χ2v) is 8.50. The molecule has 1 aromatic carbocycles. The fraction of sp³-hybridized carbons (Fsp3) is 0.667. The zero-order chi connectivity index (χ0) is 18.5. The second kappa shape index (κ2) is 6.43. The second-order valence-electron chi connectivity index (χ2n) is 7.40. The van der Waals surface area contributed by atoms with E-state index >= 15 is 0 Å². The summed E-state index contributed by atoms with van der Waals surface area (Å²) in [4.78, 5) is 0.286. The summed E-state index contributed by atoms with van der Waals surface area (Å²) >= 11 is 3.75. The van der Waals surface area contributed by atoms with Gasteiger partial charge in [-0.15, -0.1) is 13.2 Å². The van der Waals surface area contributed by atoms with Gasteiger partial charge >= 0.3 is 6.36 Å². The van der Waals surface area contributed by atoms with E-state index in [0.717, 1.165) is 12.8 Å². The standard InChI is InChI=1S/C18H22BrF3O3/c1-11(2)17-9-15(16(3,25-17)8-14(17)19)23-10-12-5-4-6-13(7-12)24-18(20,21)22/h4-7,11,14-15H,8-10H2,1-3H3/t14-,15+,16-,17+/m0/s1. The first-order valence-corrected chi connectivity index (χ1v) is 9.26. The van der Waals surface area contributed by atoms with E-state index in [2.05, 4.69) is 34.5 Å². The van der Waals surface area contributed by atoms with E-state index in [-0.39, 0.29) is 34.5 Å². The van der Waals surface area contributed by atoms with Gasteiger partial charge in [-0.25, -0.2) is 0 Å². The summed E-state index contributed by atoms with van der Waals surface area (Å²) in [6.45, 7) is 6.55. The quantitative estimate of drug-likeness (QED) is 0.609. The molecule has 2 bridgehead atoms. The first-order chi connectivity index (χ1) is 11.5. The van der Waals surface area contributed by atoms with Crippen LogP contribution in [0.4, 0.5) is 13.2 Å².